The van der Waals surface area contributed by atoms with E-state index in [-0.39, 0.29) is 17.0 Å². The van der Waals surface area contributed by atoms with Crippen molar-refractivity contribution in [1.82, 2.24) is 3.97 Å². The monoisotopic (exact) mass is 416 g/mol. The number of halogens is 1. The Kier molecular flexibility index (Phi) is 4.50. The minimum absolute atomic E-state index is 0.0183. The first-order chi connectivity index (χ1) is 11.8. The molecule has 0 bridgehead atoms. The largest absolute Gasteiger partial charge is 0.291 e. The highest BCUT2D eigenvalue weighted by Crippen LogP contribution is 2.29. The number of nitriles is 1. The molecule has 0 atom stereocenters. The number of benzene rings is 2. The molecule has 0 saturated carbocycles. The highest BCUT2D eigenvalue weighted by atomic mass is 79.9. The summed E-state index contributed by atoms with van der Waals surface area (Å²) in [5, 5.41) is 9.42. The first kappa shape index (κ1) is 17.4. The standard InChI is InChI=1S/C18H13BrN2O3S/c1-12-2-5-15(6-3-12)25(23,24)21-16-7-4-14(19)10-13(16)11-17(21)18(22)8-9-20/h2-7,10-11H,8H2,1H3. The van der Waals surface area contributed by atoms with E-state index in [0.29, 0.717) is 10.9 Å². The molecule has 126 valence electrons. The van der Waals surface area contributed by atoms with Crippen LogP contribution < -0.4 is 0 Å². The summed E-state index contributed by atoms with van der Waals surface area (Å²) in [5.74, 6) is -0.537. The summed E-state index contributed by atoms with van der Waals surface area (Å²) >= 11 is 3.34. The van der Waals surface area contributed by atoms with Gasteiger partial charge in [0.25, 0.3) is 10.0 Å². The number of aromatic nitrogens is 1. The Labute approximate surface area is 153 Å². The fourth-order valence-corrected chi connectivity index (χ4v) is 4.50. The van der Waals surface area contributed by atoms with E-state index in [1.54, 1.807) is 36.4 Å². The van der Waals surface area contributed by atoms with E-state index in [9.17, 15) is 13.2 Å². The molecular formula is C18H13BrN2O3S. The summed E-state index contributed by atoms with van der Waals surface area (Å²) in [4.78, 5) is 12.4. The Hall–Kier alpha value is -2.43. The van der Waals surface area contributed by atoms with E-state index >= 15 is 0 Å². The molecule has 0 N–H and O–H groups in total. The number of Topliss-reactive ketones (excluding diaryl/α,β-unsaturated/α-hetero) is 1. The van der Waals surface area contributed by atoms with Crippen LogP contribution in [0, 0.1) is 18.3 Å². The summed E-state index contributed by atoms with van der Waals surface area (Å²) in [6, 6.07) is 14.8. The van der Waals surface area contributed by atoms with Gasteiger partial charge in [-0.15, -0.1) is 0 Å². The van der Waals surface area contributed by atoms with Crippen LogP contribution in [0.1, 0.15) is 22.5 Å². The molecule has 1 heterocycles. The Morgan fingerprint density at radius 2 is 1.84 bits per heavy atom. The van der Waals surface area contributed by atoms with Gasteiger partial charge in [0, 0.05) is 9.86 Å². The molecule has 0 aliphatic rings. The van der Waals surface area contributed by atoms with Crippen LogP contribution in [-0.4, -0.2) is 18.2 Å². The fourth-order valence-electron chi connectivity index (χ4n) is 2.59. The van der Waals surface area contributed by atoms with E-state index in [2.05, 4.69) is 15.9 Å². The molecule has 0 unspecified atom stereocenters. The molecule has 0 amide bonds. The van der Waals surface area contributed by atoms with E-state index in [4.69, 9.17) is 5.26 Å². The van der Waals surface area contributed by atoms with Gasteiger partial charge in [0.1, 0.15) is 12.1 Å². The molecule has 2 aromatic carbocycles. The van der Waals surface area contributed by atoms with Crippen molar-refractivity contribution >= 4 is 42.6 Å². The molecule has 0 aliphatic carbocycles. The van der Waals surface area contributed by atoms with E-state index in [1.165, 1.54) is 18.2 Å². The maximum atomic E-state index is 13.2. The fraction of sp³-hybridized carbons (Fsp3) is 0.111. The van der Waals surface area contributed by atoms with Gasteiger partial charge >= 0.3 is 0 Å². The van der Waals surface area contributed by atoms with Crippen molar-refractivity contribution in [2.75, 3.05) is 0 Å². The van der Waals surface area contributed by atoms with Gasteiger partial charge in [-0.3, -0.25) is 4.79 Å². The van der Waals surface area contributed by atoms with Gasteiger partial charge in [-0.1, -0.05) is 33.6 Å². The number of nitrogens with zero attached hydrogens (tertiary/aromatic N) is 2. The van der Waals surface area contributed by atoms with Gasteiger partial charge in [-0.25, -0.2) is 12.4 Å². The molecule has 5 nitrogen and oxygen atoms in total. The average molecular weight is 417 g/mol. The third-order valence-electron chi connectivity index (χ3n) is 3.80. The van der Waals surface area contributed by atoms with Gasteiger partial charge in [0.2, 0.25) is 0 Å². The Bertz CT molecular complexity index is 1120. The van der Waals surface area contributed by atoms with Crippen LogP contribution in [-0.2, 0) is 10.0 Å². The van der Waals surface area contributed by atoms with Crippen LogP contribution in [0.3, 0.4) is 0 Å². The number of fused-ring (bicyclic) bond motifs is 1. The predicted octanol–water partition coefficient (Wildman–Crippen LogP) is 4.05. The van der Waals surface area contributed by atoms with Crippen molar-refractivity contribution in [2.24, 2.45) is 0 Å². The molecule has 1 aromatic heterocycles. The van der Waals surface area contributed by atoms with Crippen molar-refractivity contribution in [3.05, 3.63) is 64.3 Å². The van der Waals surface area contributed by atoms with Gasteiger partial charge < -0.3 is 0 Å². The SMILES string of the molecule is Cc1ccc(S(=O)(=O)n2c(C(=O)CC#N)cc3cc(Br)ccc32)cc1. The molecule has 7 heteroatoms. The van der Waals surface area contributed by atoms with Crippen LogP contribution in [0.15, 0.2) is 57.9 Å². The van der Waals surface area contributed by atoms with Crippen molar-refractivity contribution in [2.45, 2.75) is 18.2 Å². The molecule has 3 aromatic rings. The highest BCUT2D eigenvalue weighted by Gasteiger charge is 2.26. The van der Waals surface area contributed by atoms with Crippen LogP contribution >= 0.6 is 15.9 Å². The number of carbonyl (C=O) groups is 1. The molecule has 0 radical (unpaired) electrons. The minimum atomic E-state index is -3.97. The number of carbonyl (C=O) groups excluding carboxylic acids is 1. The van der Waals surface area contributed by atoms with Crippen LogP contribution in [0.25, 0.3) is 10.9 Å². The highest BCUT2D eigenvalue weighted by molar-refractivity contribution is 9.10. The van der Waals surface area contributed by atoms with Gasteiger partial charge in [-0.2, -0.15) is 5.26 Å². The second-order valence-corrected chi connectivity index (χ2v) is 8.28. The van der Waals surface area contributed by atoms with Gasteiger partial charge in [0.15, 0.2) is 5.78 Å². The summed E-state index contributed by atoms with van der Waals surface area (Å²) in [6.45, 7) is 1.86. The molecule has 0 spiro atoms. The lowest BCUT2D eigenvalue weighted by atomic mass is 10.2. The molecule has 25 heavy (non-hydrogen) atoms. The summed E-state index contributed by atoms with van der Waals surface area (Å²) in [5.41, 5.74) is 1.31. The van der Waals surface area contributed by atoms with Gasteiger partial charge in [-0.05, 0) is 43.3 Å². The number of rotatable bonds is 4. The maximum Gasteiger partial charge on any atom is 0.268 e. The van der Waals surface area contributed by atoms with Crippen molar-refractivity contribution in [3.63, 3.8) is 0 Å². The number of hydrogen-bond acceptors (Lipinski definition) is 4. The van der Waals surface area contributed by atoms with Crippen LogP contribution in [0.4, 0.5) is 0 Å². The molecule has 3 rings (SSSR count). The van der Waals surface area contributed by atoms with E-state index in [1.807, 2.05) is 6.92 Å². The molecular weight excluding hydrogens is 404 g/mol. The topological polar surface area (TPSA) is 79.9 Å². The normalized spacial score (nSPS) is 11.4. The molecule has 0 aliphatic heterocycles. The number of ketones is 1. The van der Waals surface area contributed by atoms with Crippen molar-refractivity contribution in [3.8, 4) is 6.07 Å². The smallest absolute Gasteiger partial charge is 0.268 e. The Morgan fingerprint density at radius 1 is 1.16 bits per heavy atom. The van der Waals surface area contributed by atoms with Crippen LogP contribution in [0.5, 0.6) is 0 Å². The second kappa shape index (κ2) is 6.47. The first-order valence-corrected chi connectivity index (χ1v) is 9.61. The Balaban J connectivity index is 2.33. The Morgan fingerprint density at radius 3 is 2.48 bits per heavy atom. The summed E-state index contributed by atoms with van der Waals surface area (Å²) in [6.07, 6.45) is -0.388. The van der Waals surface area contributed by atoms with E-state index < -0.39 is 15.8 Å². The third kappa shape index (κ3) is 3.11. The quantitative estimate of drug-likeness (QED) is 0.600. The first-order valence-electron chi connectivity index (χ1n) is 7.38. The zero-order valence-electron chi connectivity index (χ0n) is 13.2. The zero-order chi connectivity index (χ0) is 18.2. The summed E-state index contributed by atoms with van der Waals surface area (Å²) in [7, 11) is -3.97. The zero-order valence-corrected chi connectivity index (χ0v) is 15.6. The van der Waals surface area contributed by atoms with Crippen LogP contribution in [0.2, 0.25) is 0 Å². The van der Waals surface area contributed by atoms with Crippen molar-refractivity contribution in [1.29, 1.82) is 5.26 Å². The minimum Gasteiger partial charge on any atom is -0.291 e. The number of hydrogen-bond donors (Lipinski definition) is 0. The number of aryl methyl sites for hydroxylation is 1. The lowest BCUT2D eigenvalue weighted by Gasteiger charge is -2.11. The molecule has 0 fully saturated rings. The van der Waals surface area contributed by atoms with E-state index in [0.717, 1.165) is 14.0 Å². The predicted molar refractivity (Wildman–Crippen MR) is 98.0 cm³/mol. The molecule has 0 saturated heterocycles. The lowest BCUT2D eigenvalue weighted by Crippen LogP contribution is -2.18. The average Bonchev–Trinajstić information content (AvgIpc) is 2.94. The third-order valence-corrected chi connectivity index (χ3v) is 6.04. The maximum absolute atomic E-state index is 13.2. The second-order valence-electron chi connectivity index (χ2n) is 5.57. The summed E-state index contributed by atoms with van der Waals surface area (Å²) < 4.78 is 28.1. The van der Waals surface area contributed by atoms with Crippen molar-refractivity contribution < 1.29 is 13.2 Å². The lowest BCUT2D eigenvalue weighted by molar-refractivity contribution is 0.0992. The van der Waals surface area contributed by atoms with Gasteiger partial charge in [0.05, 0.1) is 16.5 Å².